The van der Waals surface area contributed by atoms with E-state index in [0.717, 1.165) is 17.4 Å². The van der Waals surface area contributed by atoms with Gasteiger partial charge in [-0.1, -0.05) is 20.3 Å². The van der Waals surface area contributed by atoms with Crippen molar-refractivity contribution in [3.8, 4) is 0 Å². The van der Waals surface area contributed by atoms with Crippen LogP contribution in [0.4, 0.5) is 0 Å². The maximum Gasteiger partial charge on any atom is 0.0931 e. The highest BCUT2D eigenvalue weighted by Crippen LogP contribution is 2.22. The zero-order valence-electron chi connectivity index (χ0n) is 9.60. The minimum atomic E-state index is -0.474. The molecule has 2 nitrogen and oxygen atoms in total. The Bertz CT molecular complexity index is 284. The first kappa shape index (κ1) is 12.5. The molecule has 0 amide bonds. The highest BCUT2D eigenvalue weighted by Gasteiger charge is 2.03. The van der Waals surface area contributed by atoms with Crippen molar-refractivity contribution in [3.63, 3.8) is 0 Å². The molecule has 1 aromatic rings. The molecule has 1 aromatic heterocycles. The number of nitrogens with zero attached hydrogens (tertiary/aromatic N) is 1. The molecule has 2 atom stereocenters. The predicted molar refractivity (Wildman–Crippen MR) is 65.0 cm³/mol. The Morgan fingerprint density at radius 3 is 2.60 bits per heavy atom. The molecule has 0 spiro atoms. The lowest BCUT2D eigenvalue weighted by atomic mass is 10.2. The van der Waals surface area contributed by atoms with Crippen LogP contribution in [0.5, 0.6) is 0 Å². The smallest absolute Gasteiger partial charge is 0.0931 e. The normalized spacial score (nSPS) is 14.9. The molecule has 0 fully saturated rings. The summed E-state index contributed by atoms with van der Waals surface area (Å²) in [4.78, 5) is 5.39. The predicted octanol–water partition coefficient (Wildman–Crippen LogP) is 3.27. The van der Waals surface area contributed by atoms with Gasteiger partial charge >= 0.3 is 0 Å². The maximum atomic E-state index is 9.30. The summed E-state index contributed by atoms with van der Waals surface area (Å²) in [6.07, 6.45) is 2.58. The van der Waals surface area contributed by atoms with Gasteiger partial charge in [-0.05, 0) is 25.0 Å². The highest BCUT2D eigenvalue weighted by molar-refractivity contribution is 7.99. The van der Waals surface area contributed by atoms with Crippen molar-refractivity contribution in [2.45, 2.75) is 38.2 Å². The molecule has 0 bridgehead atoms. The van der Waals surface area contributed by atoms with Crippen LogP contribution in [-0.4, -0.2) is 15.8 Å². The van der Waals surface area contributed by atoms with Crippen LogP contribution in [0, 0.1) is 5.92 Å². The van der Waals surface area contributed by atoms with E-state index in [1.807, 2.05) is 30.1 Å². The van der Waals surface area contributed by atoms with E-state index < -0.39 is 6.10 Å². The molecule has 15 heavy (non-hydrogen) atoms. The summed E-state index contributed by atoms with van der Waals surface area (Å²) in [5, 5.41) is 9.30. The van der Waals surface area contributed by atoms with Crippen molar-refractivity contribution < 1.29 is 5.11 Å². The molecule has 0 aromatic carbocycles. The Hall–Kier alpha value is -0.540. The number of pyridine rings is 1. The molecule has 0 aliphatic carbocycles. The van der Waals surface area contributed by atoms with E-state index >= 15 is 0 Å². The minimum absolute atomic E-state index is 0.474. The molecule has 1 heterocycles. The molecule has 1 N–H and O–H groups in total. The van der Waals surface area contributed by atoms with Gasteiger partial charge in [0.25, 0.3) is 0 Å². The largest absolute Gasteiger partial charge is 0.387 e. The second kappa shape index (κ2) is 6.13. The summed E-state index contributed by atoms with van der Waals surface area (Å²) < 4.78 is 0. The van der Waals surface area contributed by atoms with Gasteiger partial charge in [-0.25, -0.2) is 0 Å². The molecule has 0 aliphatic rings. The standard InChI is InChI=1S/C12H19NOS/c1-4-9(2)8-15-11-5-6-12(10(3)14)13-7-11/h5-7,9-10,14H,4,8H2,1-3H3/t9?,10-/m1/s1. The Morgan fingerprint density at radius 1 is 1.40 bits per heavy atom. The fraction of sp³-hybridized carbons (Fsp3) is 0.583. The molecule has 3 heteroatoms. The summed E-state index contributed by atoms with van der Waals surface area (Å²) in [5.74, 6) is 1.87. The lowest BCUT2D eigenvalue weighted by molar-refractivity contribution is 0.194. The lowest BCUT2D eigenvalue weighted by Crippen LogP contribution is -1.97. The van der Waals surface area contributed by atoms with Crippen LogP contribution in [0.2, 0.25) is 0 Å². The first-order valence-corrected chi connectivity index (χ1v) is 6.38. The number of aliphatic hydroxyl groups is 1. The van der Waals surface area contributed by atoms with Gasteiger partial charge in [0.15, 0.2) is 0 Å². The Morgan fingerprint density at radius 2 is 2.13 bits per heavy atom. The molecule has 0 radical (unpaired) electrons. The quantitative estimate of drug-likeness (QED) is 0.781. The van der Waals surface area contributed by atoms with Gasteiger partial charge in [-0.15, -0.1) is 11.8 Å². The van der Waals surface area contributed by atoms with Crippen LogP contribution in [0.1, 0.15) is 39.0 Å². The van der Waals surface area contributed by atoms with E-state index in [0.29, 0.717) is 0 Å². The molecule has 0 saturated carbocycles. The van der Waals surface area contributed by atoms with Gasteiger partial charge in [-0.2, -0.15) is 0 Å². The van der Waals surface area contributed by atoms with Crippen molar-refractivity contribution in [2.75, 3.05) is 5.75 Å². The van der Waals surface area contributed by atoms with Gasteiger partial charge in [-0.3, -0.25) is 4.98 Å². The van der Waals surface area contributed by atoms with Gasteiger partial charge in [0.05, 0.1) is 11.8 Å². The van der Waals surface area contributed by atoms with E-state index in [9.17, 15) is 5.11 Å². The molecule has 1 unspecified atom stereocenters. The zero-order chi connectivity index (χ0) is 11.3. The SMILES string of the molecule is CCC(C)CSc1ccc([C@@H](C)O)nc1. The number of hydrogen-bond acceptors (Lipinski definition) is 3. The third kappa shape index (κ3) is 4.22. The number of aromatic nitrogens is 1. The second-order valence-electron chi connectivity index (χ2n) is 3.92. The first-order valence-electron chi connectivity index (χ1n) is 5.40. The van der Waals surface area contributed by atoms with Crippen molar-refractivity contribution in [1.82, 2.24) is 4.98 Å². The lowest BCUT2D eigenvalue weighted by Gasteiger charge is -2.08. The molecule has 0 saturated heterocycles. The number of aliphatic hydroxyl groups excluding tert-OH is 1. The molecular formula is C12H19NOS. The summed E-state index contributed by atoms with van der Waals surface area (Å²) in [7, 11) is 0. The van der Waals surface area contributed by atoms with Crippen molar-refractivity contribution in [3.05, 3.63) is 24.0 Å². The van der Waals surface area contributed by atoms with Crippen LogP contribution in [-0.2, 0) is 0 Å². The average molecular weight is 225 g/mol. The zero-order valence-corrected chi connectivity index (χ0v) is 10.4. The monoisotopic (exact) mass is 225 g/mol. The third-order valence-corrected chi connectivity index (χ3v) is 3.73. The van der Waals surface area contributed by atoms with Crippen molar-refractivity contribution in [1.29, 1.82) is 0 Å². The van der Waals surface area contributed by atoms with E-state index in [2.05, 4.69) is 18.8 Å². The van der Waals surface area contributed by atoms with Crippen LogP contribution < -0.4 is 0 Å². The Labute approximate surface area is 96.1 Å². The average Bonchev–Trinajstić information content (AvgIpc) is 2.26. The van der Waals surface area contributed by atoms with Gasteiger partial charge in [0.1, 0.15) is 0 Å². The van der Waals surface area contributed by atoms with Gasteiger partial charge < -0.3 is 5.11 Å². The third-order valence-electron chi connectivity index (χ3n) is 2.42. The van der Waals surface area contributed by atoms with Crippen LogP contribution in [0.25, 0.3) is 0 Å². The fourth-order valence-electron chi connectivity index (χ4n) is 1.08. The van der Waals surface area contributed by atoms with Crippen LogP contribution >= 0.6 is 11.8 Å². The molecular weight excluding hydrogens is 206 g/mol. The highest BCUT2D eigenvalue weighted by atomic mass is 32.2. The van der Waals surface area contributed by atoms with Crippen LogP contribution in [0.15, 0.2) is 23.2 Å². The van der Waals surface area contributed by atoms with E-state index in [1.54, 1.807) is 6.92 Å². The topological polar surface area (TPSA) is 33.1 Å². The minimum Gasteiger partial charge on any atom is -0.387 e. The summed E-state index contributed by atoms with van der Waals surface area (Å²) >= 11 is 1.83. The van der Waals surface area contributed by atoms with Crippen molar-refractivity contribution >= 4 is 11.8 Å². The van der Waals surface area contributed by atoms with Gasteiger partial charge in [0.2, 0.25) is 0 Å². The first-order chi connectivity index (χ1) is 7.13. The molecule has 84 valence electrons. The summed E-state index contributed by atoms with van der Waals surface area (Å²) in [6.45, 7) is 6.19. The Balaban J connectivity index is 2.50. The summed E-state index contributed by atoms with van der Waals surface area (Å²) in [6, 6.07) is 3.92. The Kier molecular flexibility index (Phi) is 5.12. The van der Waals surface area contributed by atoms with E-state index in [1.165, 1.54) is 11.3 Å². The second-order valence-corrected chi connectivity index (χ2v) is 5.01. The number of rotatable bonds is 5. The fourth-order valence-corrected chi connectivity index (χ4v) is 2.08. The number of thioether (sulfide) groups is 1. The van der Waals surface area contributed by atoms with Crippen molar-refractivity contribution in [2.24, 2.45) is 5.92 Å². The molecule has 0 aliphatic heterocycles. The maximum absolute atomic E-state index is 9.30. The number of hydrogen-bond donors (Lipinski definition) is 1. The van der Waals surface area contributed by atoms with Gasteiger partial charge in [0, 0.05) is 16.8 Å². The summed E-state index contributed by atoms with van der Waals surface area (Å²) in [5.41, 5.74) is 0.739. The molecule has 1 rings (SSSR count). The van der Waals surface area contributed by atoms with E-state index in [4.69, 9.17) is 0 Å². The van der Waals surface area contributed by atoms with E-state index in [-0.39, 0.29) is 0 Å². The van der Waals surface area contributed by atoms with Crippen LogP contribution in [0.3, 0.4) is 0 Å².